The minimum Gasteiger partial charge on any atom is -0.486 e. The molecule has 28 heavy (non-hydrogen) atoms. The Morgan fingerprint density at radius 2 is 1.86 bits per heavy atom. The van der Waals surface area contributed by atoms with Crippen LogP contribution in [0.15, 0.2) is 48.5 Å². The molecule has 1 N–H and O–H groups in total. The topological polar surface area (TPSA) is 107 Å². The number of hydrogen-bond donors (Lipinski definition) is 1. The molecular weight excluding hydrogens is 364 g/mol. The van der Waals surface area contributed by atoms with Gasteiger partial charge in [0.2, 0.25) is 0 Å². The number of amides is 1. The molecule has 1 heterocycles. The second-order valence-corrected chi connectivity index (χ2v) is 5.89. The lowest BCUT2D eigenvalue weighted by Gasteiger charge is -2.26. The standard InChI is InChI=1S/C20H18N2O6/c21-9-14-5-7-15(8-6-14)25-13-20(24)27-12-19(23)22-10-16-11-26-17-3-1-2-4-18(17)28-16/h1-8,16H,10-13H2,(H,22,23)/t16-/m0/s1. The lowest BCUT2D eigenvalue weighted by Crippen LogP contribution is -2.42. The van der Waals surface area contributed by atoms with Crippen molar-refractivity contribution in [2.45, 2.75) is 6.10 Å². The van der Waals surface area contributed by atoms with Crippen LogP contribution in [-0.4, -0.2) is 44.3 Å². The van der Waals surface area contributed by atoms with Gasteiger partial charge in [0.1, 0.15) is 18.5 Å². The molecule has 0 saturated carbocycles. The van der Waals surface area contributed by atoms with Gasteiger partial charge >= 0.3 is 5.97 Å². The summed E-state index contributed by atoms with van der Waals surface area (Å²) in [6.07, 6.45) is -0.325. The largest absolute Gasteiger partial charge is 0.486 e. The van der Waals surface area contributed by atoms with E-state index < -0.39 is 18.5 Å². The quantitative estimate of drug-likeness (QED) is 0.722. The number of carbonyl (C=O) groups is 2. The van der Waals surface area contributed by atoms with E-state index in [9.17, 15) is 9.59 Å². The number of benzene rings is 2. The van der Waals surface area contributed by atoms with Crippen molar-refractivity contribution in [3.63, 3.8) is 0 Å². The summed E-state index contributed by atoms with van der Waals surface area (Å²) in [6.45, 7) is -0.211. The molecule has 0 aromatic heterocycles. The van der Waals surface area contributed by atoms with Gasteiger partial charge in [0.15, 0.2) is 24.7 Å². The average molecular weight is 382 g/mol. The van der Waals surface area contributed by atoms with E-state index in [1.807, 2.05) is 24.3 Å². The highest BCUT2D eigenvalue weighted by molar-refractivity contribution is 5.80. The molecule has 1 aliphatic rings. The smallest absolute Gasteiger partial charge is 0.344 e. The van der Waals surface area contributed by atoms with Crippen LogP contribution < -0.4 is 19.5 Å². The highest BCUT2D eigenvalue weighted by atomic mass is 16.6. The molecule has 1 amide bonds. The summed E-state index contributed by atoms with van der Waals surface area (Å²) in [4.78, 5) is 23.5. The van der Waals surface area contributed by atoms with Gasteiger partial charge < -0.3 is 24.3 Å². The highest BCUT2D eigenvalue weighted by Gasteiger charge is 2.21. The SMILES string of the molecule is N#Cc1ccc(OCC(=O)OCC(=O)NC[C@H]2COc3ccccc3O2)cc1. The number of nitriles is 1. The molecule has 0 spiro atoms. The van der Waals surface area contributed by atoms with E-state index in [-0.39, 0.29) is 19.3 Å². The van der Waals surface area contributed by atoms with Crippen LogP contribution in [0.25, 0.3) is 0 Å². The number of fused-ring (bicyclic) bond motifs is 1. The molecule has 0 fully saturated rings. The maximum Gasteiger partial charge on any atom is 0.344 e. The van der Waals surface area contributed by atoms with Gasteiger partial charge in [-0.2, -0.15) is 5.26 Å². The lowest BCUT2D eigenvalue weighted by atomic mass is 10.2. The van der Waals surface area contributed by atoms with Crippen LogP contribution in [0, 0.1) is 11.3 Å². The summed E-state index contributed by atoms with van der Waals surface area (Å²) in [7, 11) is 0. The summed E-state index contributed by atoms with van der Waals surface area (Å²) < 4.78 is 21.4. The lowest BCUT2D eigenvalue weighted by molar-refractivity contribution is -0.150. The van der Waals surface area contributed by atoms with E-state index in [0.29, 0.717) is 29.4 Å². The third-order valence-electron chi connectivity index (χ3n) is 3.80. The Bertz CT molecular complexity index is 875. The van der Waals surface area contributed by atoms with Gasteiger partial charge in [0.25, 0.3) is 5.91 Å². The zero-order valence-corrected chi connectivity index (χ0v) is 14.9. The van der Waals surface area contributed by atoms with Crippen molar-refractivity contribution in [2.75, 3.05) is 26.4 Å². The molecule has 0 aliphatic carbocycles. The predicted octanol–water partition coefficient (Wildman–Crippen LogP) is 1.44. The number of ether oxygens (including phenoxy) is 4. The van der Waals surface area contributed by atoms with E-state index in [1.54, 1.807) is 30.3 Å². The number of carbonyl (C=O) groups excluding carboxylic acids is 2. The van der Waals surface area contributed by atoms with Gasteiger partial charge in [-0.15, -0.1) is 0 Å². The van der Waals surface area contributed by atoms with E-state index in [1.165, 1.54) is 0 Å². The Labute approximate surface area is 161 Å². The highest BCUT2D eigenvalue weighted by Crippen LogP contribution is 2.30. The maximum atomic E-state index is 11.8. The molecule has 2 aromatic carbocycles. The minimum atomic E-state index is -0.675. The van der Waals surface area contributed by atoms with Crippen LogP contribution in [0.4, 0.5) is 0 Å². The van der Waals surface area contributed by atoms with Crippen LogP contribution >= 0.6 is 0 Å². The first-order valence-corrected chi connectivity index (χ1v) is 8.58. The third kappa shape index (κ3) is 5.38. The molecule has 144 valence electrons. The molecule has 0 saturated heterocycles. The van der Waals surface area contributed by atoms with Crippen LogP contribution in [-0.2, 0) is 14.3 Å². The fraction of sp³-hybridized carbons (Fsp3) is 0.250. The van der Waals surface area contributed by atoms with Crippen molar-refractivity contribution in [1.29, 1.82) is 5.26 Å². The first-order chi connectivity index (χ1) is 13.6. The van der Waals surface area contributed by atoms with Crippen molar-refractivity contribution in [2.24, 2.45) is 0 Å². The van der Waals surface area contributed by atoms with Gasteiger partial charge in [-0.25, -0.2) is 4.79 Å². The summed E-state index contributed by atoms with van der Waals surface area (Å²) >= 11 is 0. The van der Waals surface area contributed by atoms with Gasteiger partial charge in [0, 0.05) is 0 Å². The summed E-state index contributed by atoms with van der Waals surface area (Å²) in [6, 6.07) is 15.6. The van der Waals surface area contributed by atoms with Crippen molar-refractivity contribution < 1.29 is 28.5 Å². The second kappa shape index (κ2) is 9.28. The van der Waals surface area contributed by atoms with Gasteiger partial charge in [0.05, 0.1) is 18.2 Å². The van der Waals surface area contributed by atoms with E-state index in [0.717, 1.165) is 0 Å². The van der Waals surface area contributed by atoms with Crippen molar-refractivity contribution in [3.05, 3.63) is 54.1 Å². The van der Waals surface area contributed by atoms with Crippen LogP contribution in [0.5, 0.6) is 17.2 Å². The number of rotatable bonds is 7. The third-order valence-corrected chi connectivity index (χ3v) is 3.80. The first kappa shape index (κ1) is 19.0. The molecule has 1 atom stereocenters. The minimum absolute atomic E-state index is 0.229. The average Bonchev–Trinajstić information content (AvgIpc) is 2.75. The number of esters is 1. The number of para-hydroxylation sites is 2. The molecule has 2 aromatic rings. The Kier molecular flexibility index (Phi) is 6.31. The Morgan fingerprint density at radius 1 is 1.11 bits per heavy atom. The van der Waals surface area contributed by atoms with Crippen LogP contribution in [0.2, 0.25) is 0 Å². The first-order valence-electron chi connectivity index (χ1n) is 8.58. The van der Waals surface area contributed by atoms with Crippen molar-refractivity contribution in [1.82, 2.24) is 5.32 Å². The van der Waals surface area contributed by atoms with Crippen LogP contribution in [0.3, 0.4) is 0 Å². The molecule has 0 unspecified atom stereocenters. The maximum absolute atomic E-state index is 11.8. The zero-order valence-electron chi connectivity index (χ0n) is 14.9. The summed E-state index contributed by atoms with van der Waals surface area (Å²) in [5.74, 6) is 0.593. The number of nitrogens with zero attached hydrogens (tertiary/aromatic N) is 1. The zero-order chi connectivity index (χ0) is 19.8. The second-order valence-electron chi connectivity index (χ2n) is 5.89. The summed E-state index contributed by atoms with van der Waals surface area (Å²) in [5.41, 5.74) is 0.488. The van der Waals surface area contributed by atoms with E-state index in [2.05, 4.69) is 5.32 Å². The number of hydrogen-bond acceptors (Lipinski definition) is 7. The predicted molar refractivity (Wildman–Crippen MR) is 97.0 cm³/mol. The molecule has 8 nitrogen and oxygen atoms in total. The molecule has 3 rings (SSSR count). The van der Waals surface area contributed by atoms with Crippen LogP contribution in [0.1, 0.15) is 5.56 Å². The fourth-order valence-electron chi connectivity index (χ4n) is 2.40. The number of nitrogens with one attached hydrogen (secondary N) is 1. The Hall–Kier alpha value is -3.73. The van der Waals surface area contributed by atoms with Gasteiger partial charge in [-0.1, -0.05) is 12.1 Å². The van der Waals surface area contributed by atoms with E-state index >= 15 is 0 Å². The molecule has 8 heteroatoms. The monoisotopic (exact) mass is 382 g/mol. The van der Waals surface area contributed by atoms with Crippen molar-refractivity contribution >= 4 is 11.9 Å². The van der Waals surface area contributed by atoms with Gasteiger partial charge in [-0.3, -0.25) is 4.79 Å². The van der Waals surface area contributed by atoms with Crippen molar-refractivity contribution in [3.8, 4) is 23.3 Å². The molecular formula is C20H18N2O6. The summed E-state index contributed by atoms with van der Waals surface area (Å²) in [5, 5.41) is 11.4. The Balaban J connectivity index is 1.33. The molecule has 0 bridgehead atoms. The molecule has 1 aliphatic heterocycles. The van der Waals surface area contributed by atoms with E-state index in [4.69, 9.17) is 24.2 Å². The normalized spacial score (nSPS) is 14.5. The molecule has 0 radical (unpaired) electrons. The Morgan fingerprint density at radius 3 is 2.61 bits per heavy atom. The van der Waals surface area contributed by atoms with Gasteiger partial charge in [-0.05, 0) is 36.4 Å². The fourth-order valence-corrected chi connectivity index (χ4v) is 2.40.